The quantitative estimate of drug-likeness (QED) is 0.225. The van der Waals surface area contributed by atoms with E-state index in [4.69, 9.17) is 0 Å². The van der Waals surface area contributed by atoms with Crippen LogP contribution in [-0.2, 0) is 6.54 Å². The summed E-state index contributed by atoms with van der Waals surface area (Å²) in [5.74, 6) is 0.754. The van der Waals surface area contributed by atoms with E-state index in [1.54, 1.807) is 18.5 Å². The highest BCUT2D eigenvalue weighted by Gasteiger charge is 2.26. The van der Waals surface area contributed by atoms with E-state index in [2.05, 4.69) is 21.8 Å². The fourth-order valence-corrected chi connectivity index (χ4v) is 4.27. The Kier molecular flexibility index (Phi) is 6.15. The number of allylic oxidation sites excluding steroid dienone is 1. The van der Waals surface area contributed by atoms with Crippen molar-refractivity contribution in [1.29, 1.82) is 0 Å². The smallest absolute Gasteiger partial charge is 0.192 e. The summed E-state index contributed by atoms with van der Waals surface area (Å²) in [7, 11) is 0. The minimum absolute atomic E-state index is 0.0328. The van der Waals surface area contributed by atoms with Crippen molar-refractivity contribution in [3.8, 4) is 11.4 Å². The predicted octanol–water partition coefficient (Wildman–Crippen LogP) is 5.24. The number of hydrogen-bond donors (Lipinski definition) is 0. The average molecular weight is 413 g/mol. The number of ketones is 1. The molecule has 0 saturated carbocycles. The zero-order valence-corrected chi connectivity index (χ0v) is 17.1. The predicted molar refractivity (Wildman–Crippen MR) is 119 cm³/mol. The Balaban J connectivity index is 1.74. The maximum Gasteiger partial charge on any atom is 0.192 e. The SMILES string of the molecule is C=CCn1c(S[C@@H](C(=O)c2ccccc2)c2ccccc2)nnc1-c1ccncc1. The van der Waals surface area contributed by atoms with Gasteiger partial charge in [-0.15, -0.1) is 16.8 Å². The molecule has 148 valence electrons. The number of carbonyl (C=O) groups excluding carboxylic acids is 1. The third-order valence-corrected chi connectivity index (χ3v) is 5.82. The monoisotopic (exact) mass is 412 g/mol. The fraction of sp³-hybridized carbons (Fsp3) is 0.0833. The van der Waals surface area contributed by atoms with Crippen LogP contribution in [0.2, 0.25) is 0 Å². The van der Waals surface area contributed by atoms with Crippen LogP contribution in [-0.4, -0.2) is 25.5 Å². The van der Waals surface area contributed by atoms with Crippen molar-refractivity contribution in [2.75, 3.05) is 0 Å². The lowest BCUT2D eigenvalue weighted by atomic mass is 10.0. The lowest BCUT2D eigenvalue weighted by Gasteiger charge is -2.16. The first-order valence-corrected chi connectivity index (χ1v) is 10.4. The molecule has 0 unspecified atom stereocenters. The van der Waals surface area contributed by atoms with Gasteiger partial charge in [-0.1, -0.05) is 78.5 Å². The van der Waals surface area contributed by atoms with Crippen molar-refractivity contribution in [3.05, 3.63) is 109 Å². The van der Waals surface area contributed by atoms with Gasteiger partial charge in [-0.05, 0) is 17.7 Å². The number of rotatable bonds is 8. The molecule has 0 aliphatic heterocycles. The van der Waals surface area contributed by atoms with Crippen molar-refractivity contribution >= 4 is 17.5 Å². The fourth-order valence-electron chi connectivity index (χ4n) is 3.14. The zero-order chi connectivity index (χ0) is 20.8. The molecular formula is C24H20N4OS. The van der Waals surface area contributed by atoms with Gasteiger partial charge in [0.15, 0.2) is 16.8 Å². The van der Waals surface area contributed by atoms with E-state index in [1.807, 2.05) is 77.4 Å². The van der Waals surface area contributed by atoms with Crippen LogP contribution in [0.3, 0.4) is 0 Å². The highest BCUT2D eigenvalue weighted by Crippen LogP contribution is 2.38. The lowest BCUT2D eigenvalue weighted by molar-refractivity contribution is 0.0989. The number of hydrogen-bond acceptors (Lipinski definition) is 5. The molecule has 0 amide bonds. The normalized spacial score (nSPS) is 11.7. The second-order valence-corrected chi connectivity index (χ2v) is 7.65. The molecule has 0 saturated heterocycles. The van der Waals surface area contributed by atoms with Gasteiger partial charge in [0, 0.05) is 30.1 Å². The maximum atomic E-state index is 13.4. The van der Waals surface area contributed by atoms with Crippen LogP contribution in [0.1, 0.15) is 21.2 Å². The summed E-state index contributed by atoms with van der Waals surface area (Å²) in [6.07, 6.45) is 5.25. The van der Waals surface area contributed by atoms with Crippen LogP contribution in [0, 0.1) is 0 Å². The molecule has 0 N–H and O–H groups in total. The first-order chi connectivity index (χ1) is 14.8. The number of aromatic nitrogens is 4. The number of pyridine rings is 1. The molecule has 0 bridgehead atoms. The van der Waals surface area contributed by atoms with Gasteiger partial charge in [-0.25, -0.2) is 0 Å². The third kappa shape index (κ3) is 4.23. The highest BCUT2D eigenvalue weighted by atomic mass is 32.2. The number of nitrogens with zero attached hydrogens (tertiary/aromatic N) is 4. The Hall–Kier alpha value is -3.51. The summed E-state index contributed by atoms with van der Waals surface area (Å²) in [4.78, 5) is 17.5. The van der Waals surface area contributed by atoms with E-state index in [0.717, 1.165) is 17.0 Å². The van der Waals surface area contributed by atoms with Crippen LogP contribution in [0.4, 0.5) is 0 Å². The maximum absolute atomic E-state index is 13.4. The Bertz CT molecular complexity index is 1130. The molecule has 5 nitrogen and oxygen atoms in total. The van der Waals surface area contributed by atoms with Crippen LogP contribution < -0.4 is 0 Å². The molecule has 1 atom stereocenters. The lowest BCUT2D eigenvalue weighted by Crippen LogP contribution is -2.11. The summed E-state index contributed by atoms with van der Waals surface area (Å²) >= 11 is 1.40. The van der Waals surface area contributed by atoms with Crippen molar-refractivity contribution in [3.63, 3.8) is 0 Å². The Labute approximate surface area is 179 Å². The molecule has 4 aromatic rings. The molecule has 6 heteroatoms. The molecular weight excluding hydrogens is 392 g/mol. The van der Waals surface area contributed by atoms with Gasteiger partial charge in [0.2, 0.25) is 0 Å². The number of carbonyl (C=O) groups is 1. The Morgan fingerprint density at radius 2 is 1.63 bits per heavy atom. The van der Waals surface area contributed by atoms with Gasteiger partial charge in [0.25, 0.3) is 0 Å². The van der Waals surface area contributed by atoms with Gasteiger partial charge in [0.05, 0.1) is 0 Å². The van der Waals surface area contributed by atoms with Gasteiger partial charge < -0.3 is 0 Å². The van der Waals surface area contributed by atoms with Crippen molar-refractivity contribution < 1.29 is 4.79 Å². The van der Waals surface area contributed by atoms with E-state index in [0.29, 0.717) is 17.3 Å². The summed E-state index contributed by atoms with van der Waals surface area (Å²) < 4.78 is 1.97. The van der Waals surface area contributed by atoms with E-state index in [1.165, 1.54) is 11.8 Å². The molecule has 0 aliphatic rings. The van der Waals surface area contributed by atoms with Crippen LogP contribution in [0.25, 0.3) is 11.4 Å². The largest absolute Gasteiger partial charge is 0.298 e. The molecule has 0 aliphatic carbocycles. The topological polar surface area (TPSA) is 60.7 Å². The standard InChI is InChI=1S/C24H20N4OS/c1-2-17-28-23(20-13-15-25-16-14-20)26-27-24(28)30-22(19-11-7-4-8-12-19)21(29)18-9-5-3-6-10-18/h2-16,22H,1,17H2/t22-/m1/s1. The summed E-state index contributed by atoms with van der Waals surface area (Å²) in [6, 6.07) is 22.9. The van der Waals surface area contributed by atoms with Crippen LogP contribution in [0.15, 0.2) is 103 Å². The van der Waals surface area contributed by atoms with Gasteiger partial charge >= 0.3 is 0 Å². The van der Waals surface area contributed by atoms with E-state index in [9.17, 15) is 4.79 Å². The highest BCUT2D eigenvalue weighted by molar-refractivity contribution is 8.00. The van der Waals surface area contributed by atoms with Crippen LogP contribution >= 0.6 is 11.8 Å². The van der Waals surface area contributed by atoms with Crippen molar-refractivity contribution in [2.24, 2.45) is 0 Å². The average Bonchev–Trinajstić information content (AvgIpc) is 3.21. The first-order valence-electron chi connectivity index (χ1n) is 9.53. The third-order valence-electron chi connectivity index (χ3n) is 4.59. The van der Waals surface area contributed by atoms with Crippen molar-refractivity contribution in [2.45, 2.75) is 17.0 Å². The summed E-state index contributed by atoms with van der Waals surface area (Å²) in [6.45, 7) is 4.40. The zero-order valence-electron chi connectivity index (χ0n) is 16.3. The number of Topliss-reactive ketones (excluding diaryl/α,β-unsaturated/α-hetero) is 1. The van der Waals surface area contributed by atoms with Gasteiger partial charge in [-0.2, -0.15) is 0 Å². The van der Waals surface area contributed by atoms with Gasteiger partial charge in [-0.3, -0.25) is 14.3 Å². The van der Waals surface area contributed by atoms with E-state index < -0.39 is 5.25 Å². The molecule has 2 heterocycles. The molecule has 4 rings (SSSR count). The summed E-state index contributed by atoms with van der Waals surface area (Å²) in [5.41, 5.74) is 2.51. The molecule has 2 aromatic heterocycles. The molecule has 2 aromatic carbocycles. The minimum Gasteiger partial charge on any atom is -0.298 e. The second kappa shape index (κ2) is 9.33. The number of thioether (sulfide) groups is 1. The molecule has 0 spiro atoms. The molecule has 0 radical (unpaired) electrons. The van der Waals surface area contributed by atoms with E-state index >= 15 is 0 Å². The Morgan fingerprint density at radius 3 is 2.30 bits per heavy atom. The van der Waals surface area contributed by atoms with Gasteiger partial charge in [0.1, 0.15) is 5.25 Å². The first kappa shape index (κ1) is 19.8. The molecule has 30 heavy (non-hydrogen) atoms. The minimum atomic E-state index is -0.438. The second-order valence-electron chi connectivity index (χ2n) is 6.58. The van der Waals surface area contributed by atoms with Crippen molar-refractivity contribution in [1.82, 2.24) is 19.7 Å². The van der Waals surface area contributed by atoms with Crippen LogP contribution in [0.5, 0.6) is 0 Å². The molecule has 0 fully saturated rings. The Morgan fingerprint density at radius 1 is 0.967 bits per heavy atom. The number of benzene rings is 2. The van der Waals surface area contributed by atoms with E-state index in [-0.39, 0.29) is 5.78 Å². The summed E-state index contributed by atoms with van der Waals surface area (Å²) in [5, 5.41) is 9.03.